The van der Waals surface area contributed by atoms with Crippen LogP contribution in [0.2, 0.25) is 0 Å². The van der Waals surface area contributed by atoms with Crippen LogP contribution in [0.1, 0.15) is 207 Å². The molecule has 18 aromatic rings. The first kappa shape index (κ1) is 64.5. The van der Waals surface area contributed by atoms with E-state index >= 15 is 0 Å². The lowest BCUT2D eigenvalue weighted by atomic mass is 9.76. The zero-order chi connectivity index (χ0) is 71.2. The van der Waals surface area contributed by atoms with Gasteiger partial charge in [-0.1, -0.05) is 320 Å². The van der Waals surface area contributed by atoms with Gasteiger partial charge in [0.1, 0.15) is 0 Å². The number of benzene rings is 16. The van der Waals surface area contributed by atoms with Crippen LogP contribution >= 0.6 is 0 Å². The zero-order valence-electron chi connectivity index (χ0n) is 63.8. The minimum atomic E-state index is -0.115. The summed E-state index contributed by atoms with van der Waals surface area (Å²) in [6, 6.07) is 79.1. The van der Waals surface area contributed by atoms with E-state index < -0.39 is 0 Å². The lowest BCUT2D eigenvalue weighted by Crippen LogP contribution is -2.16. The van der Waals surface area contributed by atoms with Crippen molar-refractivity contribution in [2.45, 2.75) is 184 Å². The Kier molecular flexibility index (Phi) is 13.9. The molecule has 18 aromatic carbocycles. The second-order valence-corrected chi connectivity index (χ2v) is 36.2. The van der Waals surface area contributed by atoms with E-state index in [2.05, 4.69) is 333 Å². The molecule has 0 amide bonds. The van der Waals surface area contributed by atoms with Crippen LogP contribution in [-0.2, 0) is 21.7 Å². The number of hydrogen-bond donors (Lipinski definition) is 0. The number of hydrogen-bond acceptors (Lipinski definition) is 0. The molecule has 504 valence electrons. The molecule has 0 heterocycles. The van der Waals surface area contributed by atoms with Gasteiger partial charge in [-0.3, -0.25) is 0 Å². The van der Waals surface area contributed by atoms with Crippen molar-refractivity contribution in [2.24, 2.45) is 0 Å². The molecule has 0 spiro atoms. The van der Waals surface area contributed by atoms with Crippen molar-refractivity contribution in [3.8, 4) is 44.5 Å². The molecule has 0 bridgehead atoms. The average molecular weight is 1320 g/mol. The maximum absolute atomic E-state index is 2.68. The molecule has 0 aromatic heterocycles. The van der Waals surface area contributed by atoms with Gasteiger partial charge in [0.05, 0.1) is 0 Å². The highest BCUT2D eigenvalue weighted by atomic mass is 14.4. The second-order valence-electron chi connectivity index (χ2n) is 36.2. The molecule has 18 rings (SSSR count). The van der Waals surface area contributed by atoms with Crippen LogP contribution in [-0.4, -0.2) is 0 Å². The molecule has 0 aliphatic carbocycles. The lowest BCUT2D eigenvalue weighted by molar-refractivity contribution is 0.568. The van der Waals surface area contributed by atoms with Gasteiger partial charge in [0.25, 0.3) is 0 Å². The Morgan fingerprint density at radius 1 is 0.186 bits per heavy atom. The van der Waals surface area contributed by atoms with E-state index in [9.17, 15) is 0 Å². The summed E-state index contributed by atoms with van der Waals surface area (Å²) >= 11 is 0. The highest BCUT2D eigenvalue weighted by molar-refractivity contribution is 6.48. The van der Waals surface area contributed by atoms with Crippen LogP contribution in [0.4, 0.5) is 0 Å². The average Bonchev–Trinajstić information content (AvgIpc) is 1.48. The van der Waals surface area contributed by atoms with Crippen LogP contribution < -0.4 is 0 Å². The Hall–Kier alpha value is -9.62. The van der Waals surface area contributed by atoms with Crippen molar-refractivity contribution in [1.82, 2.24) is 0 Å². The van der Waals surface area contributed by atoms with Crippen molar-refractivity contribution in [3.63, 3.8) is 0 Å². The third-order valence-corrected chi connectivity index (χ3v) is 24.3. The molecule has 0 fully saturated rings. The van der Waals surface area contributed by atoms with E-state index in [1.165, 1.54) is 229 Å². The largest absolute Gasteiger partial charge is 0.0617 e. The van der Waals surface area contributed by atoms with Crippen LogP contribution in [0.25, 0.3) is 185 Å². The fourth-order valence-corrected chi connectivity index (χ4v) is 19.0. The van der Waals surface area contributed by atoms with Gasteiger partial charge in [0.2, 0.25) is 0 Å². The van der Waals surface area contributed by atoms with Gasteiger partial charge in [-0.25, -0.2) is 0 Å². The molecule has 0 radical (unpaired) electrons. The Morgan fingerprint density at radius 3 is 0.716 bits per heavy atom. The first-order valence-electron chi connectivity index (χ1n) is 38.1. The van der Waals surface area contributed by atoms with Gasteiger partial charge in [-0.15, -0.1) is 0 Å². The molecule has 0 nitrogen and oxygen atoms in total. The second kappa shape index (κ2) is 22.0. The summed E-state index contributed by atoms with van der Waals surface area (Å²) in [5, 5.41) is 34.7. The van der Waals surface area contributed by atoms with Gasteiger partial charge < -0.3 is 0 Å². The molecule has 0 unspecified atom stereocenters. The number of fused-ring (bicyclic) bond motifs is 11. The van der Waals surface area contributed by atoms with E-state index in [0.717, 1.165) is 0 Å². The van der Waals surface area contributed by atoms with Gasteiger partial charge in [-0.2, -0.15) is 0 Å². The quantitative estimate of drug-likeness (QED) is 0.105. The van der Waals surface area contributed by atoms with Gasteiger partial charge in [0, 0.05) is 0 Å². The maximum Gasteiger partial charge on any atom is -0.000740 e. The summed E-state index contributed by atoms with van der Waals surface area (Å²) in [5.41, 5.74) is 21.4. The Bertz CT molecular complexity index is 6190. The highest BCUT2D eigenvalue weighted by Crippen LogP contribution is 2.58. The molecule has 0 aliphatic rings. The van der Waals surface area contributed by atoms with Crippen LogP contribution in [0.15, 0.2) is 194 Å². The van der Waals surface area contributed by atoms with Crippen molar-refractivity contribution < 1.29 is 0 Å². The van der Waals surface area contributed by atoms with Crippen LogP contribution in [0.3, 0.4) is 0 Å². The predicted octanol–water partition coefficient (Wildman–Crippen LogP) is 30.8. The van der Waals surface area contributed by atoms with Gasteiger partial charge >= 0.3 is 0 Å². The Balaban J connectivity index is 1.02. The fourth-order valence-electron chi connectivity index (χ4n) is 19.0. The lowest BCUT2D eigenvalue weighted by Gasteiger charge is -2.28. The summed E-state index contributed by atoms with van der Waals surface area (Å²) in [4.78, 5) is 0. The summed E-state index contributed by atoms with van der Waals surface area (Å²) in [6.45, 7) is 47.7. The topological polar surface area (TPSA) is 0 Å². The molecule has 0 aliphatic heterocycles. The van der Waals surface area contributed by atoms with Crippen molar-refractivity contribution in [2.75, 3.05) is 0 Å². The summed E-state index contributed by atoms with van der Waals surface area (Å²) < 4.78 is 0. The van der Waals surface area contributed by atoms with Gasteiger partial charge in [-0.05, 0) is 287 Å². The molecule has 0 heteroatoms. The molecular weight excluding hydrogens is 1230 g/mol. The smallest absolute Gasteiger partial charge is 0.000740 e. The Labute approximate surface area is 603 Å². The van der Waals surface area contributed by atoms with Crippen molar-refractivity contribution in [3.05, 3.63) is 239 Å². The summed E-state index contributed by atoms with van der Waals surface area (Å²) in [6.07, 6.45) is 0. The van der Waals surface area contributed by atoms with Crippen molar-refractivity contribution >= 4 is 140 Å². The molecule has 102 heavy (non-hydrogen) atoms. The molecule has 0 saturated carbocycles. The number of rotatable bonds is 8. The normalized spacial score (nSPS) is 13.5. The standard InChI is InChI=1S/C102H96/c1-53(2)63-25-21-26-64(54(3)4)89(63)71-33-35-73-77-38-40-80-84-52-86-85(51-83(84)79-39-37-75(93(77)95(79)80)69-31-23-29-67(71)91(69)73)87(57-45-59(99(9,10)11)49-60(46-57)100(12,13)14)97-81-43-41-76-70-32-24-30-68-72(90-65(55(5)6)27-22-28-66(90)56(7)8)34-36-74(92(68)70)78-42-44-82(96(81)94(76)78)98(97)88(86)58-47-61(101(15,16)17)50-62(48-58)102(18,19)20/h21-56H,1-20H3. The van der Waals surface area contributed by atoms with Crippen LogP contribution in [0.5, 0.6) is 0 Å². The molecule has 0 N–H and O–H groups in total. The third kappa shape index (κ3) is 9.18. The van der Waals surface area contributed by atoms with E-state index in [4.69, 9.17) is 0 Å². The van der Waals surface area contributed by atoms with Crippen LogP contribution in [0, 0.1) is 0 Å². The summed E-state index contributed by atoms with van der Waals surface area (Å²) in [5.74, 6) is 1.54. The molecule has 0 saturated heterocycles. The zero-order valence-corrected chi connectivity index (χ0v) is 63.8. The van der Waals surface area contributed by atoms with E-state index in [-0.39, 0.29) is 21.7 Å². The first-order chi connectivity index (χ1) is 48.5. The van der Waals surface area contributed by atoms with Crippen molar-refractivity contribution in [1.29, 1.82) is 0 Å². The SMILES string of the molecule is CC(C)c1cccc(C(C)C)c1-c1ccc2c3ccc4c5cc6c(-c7cc(C(C)(C)C)cc(C(C)(C)C)c7)c7c8ccc9c%10ccc(-c%11c(C(C)C)cccc%11C(C)C)c%11cccc(c%12ccc(c7c(-c7cc(C(C)(C)C)cc(C(C)(C)C)c7)c6cc5c5ccc(c6cccc1c62)c3c54)c8c%129)c%11%10. The minimum Gasteiger partial charge on any atom is -0.0617 e. The fraction of sp³-hybridized carbons (Fsp3) is 0.275. The third-order valence-electron chi connectivity index (χ3n) is 24.3. The highest BCUT2D eigenvalue weighted by Gasteiger charge is 2.33. The maximum atomic E-state index is 2.68. The van der Waals surface area contributed by atoms with Gasteiger partial charge in [0.15, 0.2) is 0 Å². The summed E-state index contributed by atoms with van der Waals surface area (Å²) in [7, 11) is 0. The van der Waals surface area contributed by atoms with E-state index in [0.29, 0.717) is 23.7 Å². The Morgan fingerprint density at radius 2 is 0.422 bits per heavy atom. The minimum absolute atomic E-state index is 0.115. The molecule has 0 atom stereocenters. The molecular formula is C102H96. The van der Waals surface area contributed by atoms with E-state index in [1.807, 2.05) is 0 Å². The first-order valence-corrected chi connectivity index (χ1v) is 38.1. The predicted molar refractivity (Wildman–Crippen MR) is 452 cm³/mol. The monoisotopic (exact) mass is 1320 g/mol. The van der Waals surface area contributed by atoms with E-state index in [1.54, 1.807) is 0 Å².